The standard InChI is InChI=1S/C15H12F4N2O/c1-7-3-4-11(8(16)5-7)21-14-12(15(22)20-2)9(17)6-10(18)13(14)19/h3-6,21H,1-2H3,(H,20,22). The summed E-state index contributed by atoms with van der Waals surface area (Å²) in [6.45, 7) is 1.64. The first-order chi connectivity index (χ1) is 10.3. The third kappa shape index (κ3) is 2.88. The number of amides is 1. The zero-order chi connectivity index (χ0) is 16.4. The summed E-state index contributed by atoms with van der Waals surface area (Å²) in [5.41, 5.74) is -1.10. The van der Waals surface area contributed by atoms with Gasteiger partial charge in [0.1, 0.15) is 17.2 Å². The van der Waals surface area contributed by atoms with Gasteiger partial charge in [0.05, 0.1) is 11.4 Å². The summed E-state index contributed by atoms with van der Waals surface area (Å²) in [7, 11) is 1.21. The normalized spacial score (nSPS) is 10.5. The maximum atomic E-state index is 13.9. The van der Waals surface area contributed by atoms with Crippen LogP contribution < -0.4 is 10.6 Å². The zero-order valence-electron chi connectivity index (χ0n) is 11.7. The Labute approximate surface area is 124 Å². The Morgan fingerprint density at radius 3 is 2.27 bits per heavy atom. The Hall–Kier alpha value is -2.57. The molecule has 0 fully saturated rings. The number of nitrogens with one attached hydrogen (secondary N) is 2. The van der Waals surface area contributed by atoms with E-state index in [-0.39, 0.29) is 11.8 Å². The van der Waals surface area contributed by atoms with Crippen molar-refractivity contribution >= 4 is 17.3 Å². The quantitative estimate of drug-likeness (QED) is 0.671. The van der Waals surface area contributed by atoms with Gasteiger partial charge in [-0.3, -0.25) is 4.79 Å². The molecule has 0 aliphatic rings. The molecule has 22 heavy (non-hydrogen) atoms. The number of aryl methyl sites for hydroxylation is 1. The van der Waals surface area contributed by atoms with Crippen LogP contribution in [0, 0.1) is 30.2 Å². The molecule has 0 aliphatic carbocycles. The predicted octanol–water partition coefficient (Wildman–Crippen LogP) is 3.65. The average molecular weight is 312 g/mol. The van der Waals surface area contributed by atoms with Gasteiger partial charge in [-0.1, -0.05) is 6.07 Å². The van der Waals surface area contributed by atoms with Crippen LogP contribution in [0.3, 0.4) is 0 Å². The smallest absolute Gasteiger partial charge is 0.256 e. The zero-order valence-corrected chi connectivity index (χ0v) is 11.7. The largest absolute Gasteiger partial charge is 0.355 e. The van der Waals surface area contributed by atoms with Crippen LogP contribution in [-0.4, -0.2) is 13.0 Å². The second-order valence-electron chi connectivity index (χ2n) is 4.59. The van der Waals surface area contributed by atoms with Gasteiger partial charge in [0.15, 0.2) is 11.6 Å². The predicted molar refractivity (Wildman–Crippen MR) is 74.1 cm³/mol. The summed E-state index contributed by atoms with van der Waals surface area (Å²) in [4.78, 5) is 11.7. The molecule has 0 aliphatic heterocycles. The van der Waals surface area contributed by atoms with E-state index in [1.165, 1.54) is 19.2 Å². The first-order valence-corrected chi connectivity index (χ1v) is 6.28. The van der Waals surface area contributed by atoms with Crippen molar-refractivity contribution in [1.29, 1.82) is 0 Å². The van der Waals surface area contributed by atoms with E-state index in [4.69, 9.17) is 0 Å². The minimum atomic E-state index is -1.49. The maximum absolute atomic E-state index is 13.9. The van der Waals surface area contributed by atoms with Crippen LogP contribution in [0.2, 0.25) is 0 Å². The number of hydrogen-bond donors (Lipinski definition) is 2. The van der Waals surface area contributed by atoms with Gasteiger partial charge in [-0.2, -0.15) is 0 Å². The molecule has 0 heterocycles. The van der Waals surface area contributed by atoms with Crippen molar-refractivity contribution in [3.8, 4) is 0 Å². The molecule has 2 N–H and O–H groups in total. The van der Waals surface area contributed by atoms with Crippen molar-refractivity contribution in [3.05, 3.63) is 58.7 Å². The van der Waals surface area contributed by atoms with E-state index in [9.17, 15) is 22.4 Å². The molecule has 0 atom stereocenters. The molecule has 0 spiro atoms. The monoisotopic (exact) mass is 312 g/mol. The third-order valence-electron chi connectivity index (χ3n) is 3.01. The Kier molecular flexibility index (Phi) is 4.35. The Morgan fingerprint density at radius 2 is 1.68 bits per heavy atom. The summed E-state index contributed by atoms with van der Waals surface area (Å²) in [6, 6.07) is 4.23. The number of carbonyl (C=O) groups excluding carboxylic acids is 1. The lowest BCUT2D eigenvalue weighted by atomic mass is 10.1. The molecule has 2 rings (SSSR count). The molecule has 0 bridgehead atoms. The molecule has 0 aromatic heterocycles. The van der Waals surface area contributed by atoms with Gasteiger partial charge in [-0.25, -0.2) is 17.6 Å². The van der Waals surface area contributed by atoms with Crippen LogP contribution >= 0.6 is 0 Å². The van der Waals surface area contributed by atoms with Gasteiger partial charge in [-0.05, 0) is 24.6 Å². The molecule has 2 aromatic rings. The molecule has 7 heteroatoms. The molecular weight excluding hydrogens is 300 g/mol. The average Bonchev–Trinajstić information content (AvgIpc) is 2.46. The third-order valence-corrected chi connectivity index (χ3v) is 3.01. The summed E-state index contributed by atoms with van der Waals surface area (Å²) in [6.07, 6.45) is 0. The fourth-order valence-corrected chi connectivity index (χ4v) is 1.92. The highest BCUT2D eigenvalue weighted by molar-refractivity contribution is 6.00. The van der Waals surface area contributed by atoms with Crippen molar-refractivity contribution < 1.29 is 22.4 Å². The van der Waals surface area contributed by atoms with Crippen molar-refractivity contribution in [2.24, 2.45) is 0 Å². The van der Waals surface area contributed by atoms with E-state index >= 15 is 0 Å². The highest BCUT2D eigenvalue weighted by Gasteiger charge is 2.24. The van der Waals surface area contributed by atoms with Crippen LogP contribution in [0.5, 0.6) is 0 Å². The fourth-order valence-electron chi connectivity index (χ4n) is 1.92. The van der Waals surface area contributed by atoms with Crippen LogP contribution in [0.4, 0.5) is 28.9 Å². The Balaban J connectivity index is 2.60. The van der Waals surface area contributed by atoms with E-state index in [1.807, 2.05) is 0 Å². The summed E-state index contributed by atoms with van der Waals surface area (Å²) < 4.78 is 54.9. The highest BCUT2D eigenvalue weighted by Crippen LogP contribution is 2.30. The molecule has 116 valence electrons. The van der Waals surface area contributed by atoms with Crippen LogP contribution in [0.15, 0.2) is 24.3 Å². The van der Waals surface area contributed by atoms with Gasteiger partial charge in [0.25, 0.3) is 5.91 Å². The molecule has 0 saturated carbocycles. The van der Waals surface area contributed by atoms with E-state index in [1.54, 1.807) is 6.92 Å². The Bertz CT molecular complexity index is 747. The van der Waals surface area contributed by atoms with Crippen LogP contribution in [0.1, 0.15) is 15.9 Å². The Morgan fingerprint density at radius 1 is 1.00 bits per heavy atom. The van der Waals surface area contributed by atoms with Gasteiger partial charge >= 0.3 is 0 Å². The molecular formula is C15H12F4N2O. The van der Waals surface area contributed by atoms with Crippen LogP contribution in [0.25, 0.3) is 0 Å². The fraction of sp³-hybridized carbons (Fsp3) is 0.133. The van der Waals surface area contributed by atoms with Gasteiger partial charge in [0.2, 0.25) is 0 Å². The molecule has 3 nitrogen and oxygen atoms in total. The van der Waals surface area contributed by atoms with Crippen LogP contribution in [-0.2, 0) is 0 Å². The van der Waals surface area contributed by atoms with E-state index < -0.39 is 40.4 Å². The molecule has 1 amide bonds. The summed E-state index contributed by atoms with van der Waals surface area (Å²) >= 11 is 0. The minimum Gasteiger partial charge on any atom is -0.355 e. The maximum Gasteiger partial charge on any atom is 0.256 e. The number of halogens is 4. The molecule has 0 unspecified atom stereocenters. The van der Waals surface area contributed by atoms with Crippen molar-refractivity contribution in [2.75, 3.05) is 12.4 Å². The van der Waals surface area contributed by atoms with Crippen molar-refractivity contribution in [2.45, 2.75) is 6.92 Å². The van der Waals surface area contributed by atoms with Gasteiger partial charge in [-0.15, -0.1) is 0 Å². The lowest BCUT2D eigenvalue weighted by Gasteiger charge is -2.14. The number of carbonyl (C=O) groups is 1. The number of hydrogen-bond acceptors (Lipinski definition) is 2. The first-order valence-electron chi connectivity index (χ1n) is 6.28. The van der Waals surface area contributed by atoms with E-state index in [2.05, 4.69) is 10.6 Å². The highest BCUT2D eigenvalue weighted by atomic mass is 19.2. The second kappa shape index (κ2) is 6.05. The SMILES string of the molecule is CNC(=O)c1c(F)cc(F)c(F)c1Nc1ccc(C)cc1F. The molecule has 0 radical (unpaired) electrons. The lowest BCUT2D eigenvalue weighted by molar-refractivity contribution is 0.0959. The topological polar surface area (TPSA) is 41.1 Å². The van der Waals surface area contributed by atoms with E-state index in [0.717, 1.165) is 6.07 Å². The minimum absolute atomic E-state index is 0.209. The summed E-state index contributed by atoms with van der Waals surface area (Å²) in [5, 5.41) is 4.36. The molecule has 2 aromatic carbocycles. The van der Waals surface area contributed by atoms with Crippen molar-refractivity contribution in [3.63, 3.8) is 0 Å². The number of rotatable bonds is 3. The van der Waals surface area contributed by atoms with E-state index in [0.29, 0.717) is 5.56 Å². The number of anilines is 2. The molecule has 0 saturated heterocycles. The van der Waals surface area contributed by atoms with Crippen molar-refractivity contribution in [1.82, 2.24) is 5.32 Å². The summed E-state index contributed by atoms with van der Waals surface area (Å²) in [5.74, 6) is -5.92. The van der Waals surface area contributed by atoms with Gasteiger partial charge in [0, 0.05) is 13.1 Å². The second-order valence-corrected chi connectivity index (χ2v) is 4.59. The van der Waals surface area contributed by atoms with Gasteiger partial charge < -0.3 is 10.6 Å². The first kappa shape index (κ1) is 15.8. The lowest BCUT2D eigenvalue weighted by Crippen LogP contribution is -2.22. The number of benzene rings is 2.